The summed E-state index contributed by atoms with van der Waals surface area (Å²) in [4.78, 5) is 12.2. The summed E-state index contributed by atoms with van der Waals surface area (Å²) in [5.74, 6) is 0.258. The van der Waals surface area contributed by atoms with E-state index in [0.29, 0.717) is 25.5 Å². The molecule has 23 heavy (non-hydrogen) atoms. The standard InChI is InChI=1S/C17H20N2O4/c20-12-17(6-8-22-9-7-17)11-18-16(21)14-10-15(23-19-14)13-4-2-1-3-5-13/h1-5,10,20H,6-9,11-12H2,(H,18,21). The molecular weight excluding hydrogens is 296 g/mol. The van der Waals surface area contributed by atoms with Crippen LogP contribution in [0.1, 0.15) is 23.3 Å². The van der Waals surface area contributed by atoms with Gasteiger partial charge in [-0.3, -0.25) is 4.79 Å². The van der Waals surface area contributed by atoms with Gasteiger partial charge in [-0.1, -0.05) is 35.5 Å². The molecule has 0 spiro atoms. The summed E-state index contributed by atoms with van der Waals surface area (Å²) < 4.78 is 10.6. The maximum absolute atomic E-state index is 12.2. The number of nitrogens with zero attached hydrogens (tertiary/aromatic N) is 1. The van der Waals surface area contributed by atoms with Crippen LogP contribution in [0.15, 0.2) is 40.9 Å². The molecule has 0 bridgehead atoms. The lowest BCUT2D eigenvalue weighted by atomic mass is 9.81. The van der Waals surface area contributed by atoms with Crippen molar-refractivity contribution >= 4 is 5.91 Å². The normalized spacial score (nSPS) is 16.9. The average molecular weight is 316 g/mol. The summed E-state index contributed by atoms with van der Waals surface area (Å²) in [7, 11) is 0. The van der Waals surface area contributed by atoms with Gasteiger partial charge in [0.1, 0.15) is 0 Å². The second kappa shape index (κ2) is 6.93. The first-order valence-corrected chi connectivity index (χ1v) is 7.71. The van der Waals surface area contributed by atoms with Crippen molar-refractivity contribution in [2.75, 3.05) is 26.4 Å². The molecule has 1 saturated heterocycles. The number of aromatic nitrogens is 1. The Labute approximate surface area is 134 Å². The highest BCUT2D eigenvalue weighted by Crippen LogP contribution is 2.29. The van der Waals surface area contributed by atoms with E-state index < -0.39 is 0 Å². The molecule has 1 aromatic heterocycles. The Morgan fingerprint density at radius 3 is 2.70 bits per heavy atom. The summed E-state index contributed by atoms with van der Waals surface area (Å²) in [6.07, 6.45) is 1.47. The van der Waals surface area contributed by atoms with E-state index in [1.165, 1.54) is 0 Å². The lowest BCUT2D eigenvalue weighted by Gasteiger charge is -2.35. The van der Waals surface area contributed by atoms with Gasteiger partial charge in [-0.05, 0) is 12.8 Å². The van der Waals surface area contributed by atoms with Crippen LogP contribution in [0.4, 0.5) is 0 Å². The molecule has 6 heteroatoms. The minimum atomic E-state index is -0.306. The van der Waals surface area contributed by atoms with Crippen LogP contribution in [0.25, 0.3) is 11.3 Å². The molecule has 122 valence electrons. The Morgan fingerprint density at radius 1 is 1.26 bits per heavy atom. The van der Waals surface area contributed by atoms with E-state index in [1.54, 1.807) is 6.07 Å². The smallest absolute Gasteiger partial charge is 0.273 e. The van der Waals surface area contributed by atoms with Gasteiger partial charge in [0.15, 0.2) is 11.5 Å². The third kappa shape index (κ3) is 3.60. The Bertz CT molecular complexity index is 648. The second-order valence-electron chi connectivity index (χ2n) is 5.90. The number of carbonyl (C=O) groups is 1. The molecular formula is C17H20N2O4. The second-order valence-corrected chi connectivity index (χ2v) is 5.90. The van der Waals surface area contributed by atoms with E-state index in [9.17, 15) is 9.90 Å². The van der Waals surface area contributed by atoms with Crippen LogP contribution in [-0.2, 0) is 4.74 Å². The Morgan fingerprint density at radius 2 is 2.00 bits per heavy atom. The summed E-state index contributed by atoms with van der Waals surface area (Å²) >= 11 is 0. The number of hydrogen-bond donors (Lipinski definition) is 2. The Balaban J connectivity index is 1.63. The Hall–Kier alpha value is -2.18. The van der Waals surface area contributed by atoms with Crippen LogP contribution >= 0.6 is 0 Å². The zero-order valence-electron chi connectivity index (χ0n) is 12.8. The molecule has 0 atom stereocenters. The van der Waals surface area contributed by atoms with E-state index in [4.69, 9.17) is 9.26 Å². The van der Waals surface area contributed by atoms with Gasteiger partial charge in [-0.15, -0.1) is 0 Å². The van der Waals surface area contributed by atoms with Crippen LogP contribution < -0.4 is 5.32 Å². The van der Waals surface area contributed by atoms with Gasteiger partial charge in [0, 0.05) is 36.8 Å². The quantitative estimate of drug-likeness (QED) is 0.879. The van der Waals surface area contributed by atoms with Gasteiger partial charge in [-0.2, -0.15) is 0 Å². The van der Waals surface area contributed by atoms with E-state index >= 15 is 0 Å². The van der Waals surface area contributed by atoms with Crippen molar-refractivity contribution in [3.63, 3.8) is 0 Å². The molecule has 1 amide bonds. The first-order chi connectivity index (χ1) is 11.2. The molecule has 6 nitrogen and oxygen atoms in total. The number of carbonyl (C=O) groups excluding carboxylic acids is 1. The van der Waals surface area contributed by atoms with E-state index in [-0.39, 0.29) is 23.6 Å². The molecule has 2 N–H and O–H groups in total. The lowest BCUT2D eigenvalue weighted by Crippen LogP contribution is -2.43. The van der Waals surface area contributed by atoms with E-state index in [1.807, 2.05) is 30.3 Å². The average Bonchev–Trinajstić information content (AvgIpc) is 3.11. The summed E-state index contributed by atoms with van der Waals surface area (Å²) in [6, 6.07) is 11.1. The fourth-order valence-electron chi connectivity index (χ4n) is 2.67. The van der Waals surface area contributed by atoms with Crippen LogP contribution in [0, 0.1) is 5.41 Å². The number of hydrogen-bond acceptors (Lipinski definition) is 5. The summed E-state index contributed by atoms with van der Waals surface area (Å²) in [6.45, 7) is 1.65. The molecule has 1 fully saturated rings. The molecule has 1 aliphatic rings. The monoisotopic (exact) mass is 316 g/mol. The van der Waals surface area contributed by atoms with Gasteiger partial charge in [0.05, 0.1) is 6.61 Å². The molecule has 0 saturated carbocycles. The fraction of sp³-hybridized carbons (Fsp3) is 0.412. The topological polar surface area (TPSA) is 84.6 Å². The number of aliphatic hydroxyl groups excluding tert-OH is 1. The van der Waals surface area contributed by atoms with Crippen molar-refractivity contribution in [2.45, 2.75) is 12.8 Å². The third-order valence-electron chi connectivity index (χ3n) is 4.31. The molecule has 2 heterocycles. The van der Waals surface area contributed by atoms with Crippen molar-refractivity contribution in [1.82, 2.24) is 10.5 Å². The van der Waals surface area contributed by atoms with Crippen molar-refractivity contribution in [3.8, 4) is 11.3 Å². The number of amides is 1. The fourth-order valence-corrected chi connectivity index (χ4v) is 2.67. The first kappa shape index (κ1) is 15.7. The van der Waals surface area contributed by atoms with E-state index in [2.05, 4.69) is 10.5 Å². The first-order valence-electron chi connectivity index (χ1n) is 7.71. The number of aliphatic hydroxyl groups is 1. The highest BCUT2D eigenvalue weighted by molar-refractivity contribution is 5.93. The molecule has 2 aromatic rings. The number of nitrogens with one attached hydrogen (secondary N) is 1. The SMILES string of the molecule is O=C(NCC1(CO)CCOCC1)c1cc(-c2ccccc2)on1. The molecule has 1 aliphatic heterocycles. The molecule has 3 rings (SSSR count). The van der Waals surface area contributed by atoms with Gasteiger partial charge < -0.3 is 19.7 Å². The highest BCUT2D eigenvalue weighted by atomic mass is 16.5. The largest absolute Gasteiger partial charge is 0.396 e. The van der Waals surface area contributed by atoms with E-state index in [0.717, 1.165) is 18.4 Å². The van der Waals surface area contributed by atoms with Crippen LogP contribution in [0.2, 0.25) is 0 Å². The maximum Gasteiger partial charge on any atom is 0.273 e. The third-order valence-corrected chi connectivity index (χ3v) is 4.31. The highest BCUT2D eigenvalue weighted by Gasteiger charge is 2.32. The lowest BCUT2D eigenvalue weighted by molar-refractivity contribution is -0.0146. The Kier molecular flexibility index (Phi) is 4.73. The zero-order valence-corrected chi connectivity index (χ0v) is 12.8. The molecule has 0 unspecified atom stereocenters. The van der Waals surface area contributed by atoms with Gasteiger partial charge in [-0.25, -0.2) is 0 Å². The van der Waals surface area contributed by atoms with Crippen LogP contribution in [0.5, 0.6) is 0 Å². The molecule has 1 aromatic carbocycles. The van der Waals surface area contributed by atoms with Gasteiger partial charge in [0.2, 0.25) is 0 Å². The van der Waals surface area contributed by atoms with Crippen LogP contribution in [-0.4, -0.2) is 42.5 Å². The summed E-state index contributed by atoms with van der Waals surface area (Å²) in [5, 5.41) is 16.3. The summed E-state index contributed by atoms with van der Waals surface area (Å²) in [5.41, 5.74) is 0.805. The van der Waals surface area contributed by atoms with Gasteiger partial charge in [0.25, 0.3) is 5.91 Å². The van der Waals surface area contributed by atoms with Gasteiger partial charge >= 0.3 is 0 Å². The minimum Gasteiger partial charge on any atom is -0.396 e. The maximum atomic E-state index is 12.2. The number of benzene rings is 1. The number of rotatable bonds is 5. The van der Waals surface area contributed by atoms with Crippen LogP contribution in [0.3, 0.4) is 0 Å². The molecule has 0 aliphatic carbocycles. The predicted octanol–water partition coefficient (Wildman–Crippen LogP) is 1.86. The van der Waals surface area contributed by atoms with Crippen molar-refractivity contribution < 1.29 is 19.2 Å². The number of ether oxygens (including phenoxy) is 1. The predicted molar refractivity (Wildman–Crippen MR) is 83.8 cm³/mol. The zero-order chi connectivity index (χ0) is 16.1. The van der Waals surface area contributed by atoms with Crippen molar-refractivity contribution in [3.05, 3.63) is 42.1 Å². The molecule has 0 radical (unpaired) electrons. The van der Waals surface area contributed by atoms with Crippen molar-refractivity contribution in [2.24, 2.45) is 5.41 Å². The minimum absolute atomic E-state index is 0.0325. The van der Waals surface area contributed by atoms with Crippen molar-refractivity contribution in [1.29, 1.82) is 0 Å².